The van der Waals surface area contributed by atoms with Crippen LogP contribution in [0.4, 0.5) is 0 Å². The summed E-state index contributed by atoms with van der Waals surface area (Å²) in [6.07, 6.45) is 12.1. The van der Waals surface area contributed by atoms with Gasteiger partial charge >= 0.3 is 0 Å². The number of nitrogens with zero attached hydrogens (tertiary/aromatic N) is 4. The minimum atomic E-state index is 0.339. The van der Waals surface area contributed by atoms with E-state index < -0.39 is 0 Å². The summed E-state index contributed by atoms with van der Waals surface area (Å²) in [6, 6.07) is 43.9. The molecule has 10 rings (SSSR count). The molecule has 2 aromatic heterocycles. The van der Waals surface area contributed by atoms with Crippen molar-refractivity contribution in [3.63, 3.8) is 0 Å². The number of aryl methyl sites for hydroxylation is 1. The van der Waals surface area contributed by atoms with E-state index in [4.69, 9.17) is 9.97 Å². The highest BCUT2D eigenvalue weighted by Crippen LogP contribution is 2.41. The highest BCUT2D eigenvalue weighted by atomic mass is 15.1. The Balaban J connectivity index is 1.01. The number of hydrogen-bond donors (Lipinski definition) is 0. The lowest BCUT2D eigenvalue weighted by molar-refractivity contribution is 0.779. The molecule has 238 valence electrons. The molecule has 0 saturated carbocycles. The van der Waals surface area contributed by atoms with E-state index in [9.17, 15) is 0 Å². The van der Waals surface area contributed by atoms with Crippen molar-refractivity contribution in [1.82, 2.24) is 19.1 Å². The Bertz CT molecular complexity index is 2730. The lowest BCUT2D eigenvalue weighted by atomic mass is 9.84. The molecule has 6 aromatic carbocycles. The average Bonchev–Trinajstić information content (AvgIpc) is 3.71. The SMILES string of the molecule is Cn1c(-c2ccc(-c3cccc4cccc(-c5ccc(-c6nc7c8ccccc8ccc7n6C)cc5)c34)cc2)nc2c1C=CC1=CC=CCC12. The highest BCUT2D eigenvalue weighted by Gasteiger charge is 2.27. The van der Waals surface area contributed by atoms with Gasteiger partial charge in [0, 0.05) is 36.5 Å². The van der Waals surface area contributed by atoms with Crippen LogP contribution in [-0.2, 0) is 14.1 Å². The normalized spacial score (nSPS) is 15.1. The third-order valence-corrected chi connectivity index (χ3v) is 10.7. The van der Waals surface area contributed by atoms with Gasteiger partial charge in [-0.05, 0) is 62.5 Å². The third-order valence-electron chi connectivity index (χ3n) is 10.7. The number of rotatable bonds is 4. The molecule has 0 saturated heterocycles. The van der Waals surface area contributed by atoms with Crippen LogP contribution in [0.1, 0.15) is 23.7 Å². The quantitative estimate of drug-likeness (QED) is 0.191. The molecule has 1 atom stereocenters. The number of aromatic nitrogens is 4. The lowest BCUT2D eigenvalue weighted by Gasteiger charge is -2.21. The largest absolute Gasteiger partial charge is 0.327 e. The van der Waals surface area contributed by atoms with E-state index >= 15 is 0 Å². The van der Waals surface area contributed by atoms with Gasteiger partial charge in [0.05, 0.1) is 22.4 Å². The van der Waals surface area contributed by atoms with Gasteiger partial charge in [-0.15, -0.1) is 0 Å². The van der Waals surface area contributed by atoms with Gasteiger partial charge < -0.3 is 9.13 Å². The average molecular weight is 643 g/mol. The van der Waals surface area contributed by atoms with Crippen molar-refractivity contribution in [1.29, 1.82) is 0 Å². The molecule has 2 aliphatic rings. The van der Waals surface area contributed by atoms with Crippen LogP contribution >= 0.6 is 0 Å². The van der Waals surface area contributed by atoms with Crippen molar-refractivity contribution in [3.05, 3.63) is 163 Å². The van der Waals surface area contributed by atoms with Crippen molar-refractivity contribution < 1.29 is 0 Å². The van der Waals surface area contributed by atoms with Crippen molar-refractivity contribution in [2.75, 3.05) is 0 Å². The van der Waals surface area contributed by atoms with Crippen LogP contribution in [0.3, 0.4) is 0 Å². The molecule has 0 N–H and O–H groups in total. The highest BCUT2D eigenvalue weighted by molar-refractivity contribution is 6.07. The molecule has 8 aromatic rings. The maximum atomic E-state index is 5.20. The molecule has 1 unspecified atom stereocenters. The molecule has 50 heavy (non-hydrogen) atoms. The zero-order valence-electron chi connectivity index (χ0n) is 28.0. The lowest BCUT2D eigenvalue weighted by Crippen LogP contribution is -2.09. The Morgan fingerprint density at radius 1 is 0.580 bits per heavy atom. The van der Waals surface area contributed by atoms with Crippen LogP contribution in [0.2, 0.25) is 0 Å². The Hall–Kier alpha value is -6.26. The smallest absolute Gasteiger partial charge is 0.140 e. The molecule has 0 radical (unpaired) electrons. The summed E-state index contributed by atoms with van der Waals surface area (Å²) < 4.78 is 4.44. The van der Waals surface area contributed by atoms with Gasteiger partial charge in [-0.25, -0.2) is 9.97 Å². The maximum absolute atomic E-state index is 5.20. The minimum absolute atomic E-state index is 0.339. The molecule has 4 heteroatoms. The second kappa shape index (κ2) is 11.1. The monoisotopic (exact) mass is 642 g/mol. The van der Waals surface area contributed by atoms with Crippen LogP contribution in [-0.4, -0.2) is 19.1 Å². The molecule has 0 bridgehead atoms. The van der Waals surface area contributed by atoms with Crippen molar-refractivity contribution in [2.24, 2.45) is 14.1 Å². The molecule has 0 fully saturated rings. The standard InChI is InChI=1S/C46H34N4/c1-49-40-27-25-29-9-3-5-13-38(29)43(40)47-45(49)34-21-17-31(18-22-34)36-15-7-11-33-12-8-16-37(42(33)36)32-19-23-35(24-20-32)46-48-44-39-14-6-4-10-30(39)26-28-41(44)50(46)2/h3-13,15-28,39H,14H2,1-2H3. The summed E-state index contributed by atoms with van der Waals surface area (Å²) in [6.45, 7) is 0. The number of imidazole rings is 2. The summed E-state index contributed by atoms with van der Waals surface area (Å²) in [5.41, 5.74) is 13.0. The fourth-order valence-electron chi connectivity index (χ4n) is 8.11. The van der Waals surface area contributed by atoms with Crippen molar-refractivity contribution >= 4 is 38.7 Å². The van der Waals surface area contributed by atoms with Gasteiger partial charge in [-0.2, -0.15) is 0 Å². The predicted octanol–water partition coefficient (Wildman–Crippen LogP) is 11.3. The van der Waals surface area contributed by atoms with Crippen LogP contribution in [0.5, 0.6) is 0 Å². The first-order chi connectivity index (χ1) is 24.6. The van der Waals surface area contributed by atoms with Crippen molar-refractivity contribution in [2.45, 2.75) is 12.3 Å². The summed E-state index contributed by atoms with van der Waals surface area (Å²) in [5, 5.41) is 4.88. The topological polar surface area (TPSA) is 35.6 Å². The molecule has 2 aliphatic carbocycles. The molecule has 0 amide bonds. The number of hydrogen-bond acceptors (Lipinski definition) is 2. The molecule has 0 aliphatic heterocycles. The Morgan fingerprint density at radius 2 is 1.22 bits per heavy atom. The fourth-order valence-corrected chi connectivity index (χ4v) is 8.11. The zero-order chi connectivity index (χ0) is 33.3. The van der Waals surface area contributed by atoms with Gasteiger partial charge in [0.1, 0.15) is 11.6 Å². The molecule has 2 heterocycles. The van der Waals surface area contributed by atoms with E-state index in [1.165, 1.54) is 60.8 Å². The van der Waals surface area contributed by atoms with E-state index in [-0.39, 0.29) is 0 Å². The predicted molar refractivity (Wildman–Crippen MR) is 208 cm³/mol. The van der Waals surface area contributed by atoms with E-state index in [0.717, 1.165) is 40.2 Å². The minimum Gasteiger partial charge on any atom is -0.327 e. The third kappa shape index (κ3) is 4.38. The van der Waals surface area contributed by atoms with Gasteiger partial charge in [-0.1, -0.05) is 140 Å². The Morgan fingerprint density at radius 3 is 1.94 bits per heavy atom. The molecule has 4 nitrogen and oxygen atoms in total. The van der Waals surface area contributed by atoms with Gasteiger partial charge in [0.25, 0.3) is 0 Å². The summed E-state index contributed by atoms with van der Waals surface area (Å²) in [7, 11) is 4.24. The molecular weight excluding hydrogens is 609 g/mol. The maximum Gasteiger partial charge on any atom is 0.140 e. The van der Waals surface area contributed by atoms with Crippen LogP contribution in [0, 0.1) is 0 Å². The second-order valence-corrected chi connectivity index (χ2v) is 13.5. The summed E-state index contributed by atoms with van der Waals surface area (Å²) in [4.78, 5) is 10.3. The number of benzene rings is 6. The zero-order valence-corrected chi connectivity index (χ0v) is 28.0. The Labute approximate surface area is 291 Å². The first-order valence-electron chi connectivity index (χ1n) is 17.3. The van der Waals surface area contributed by atoms with Gasteiger partial charge in [0.2, 0.25) is 0 Å². The van der Waals surface area contributed by atoms with Gasteiger partial charge in [0.15, 0.2) is 0 Å². The fraction of sp³-hybridized carbons (Fsp3) is 0.0870. The van der Waals surface area contributed by atoms with Crippen molar-refractivity contribution in [3.8, 4) is 45.0 Å². The summed E-state index contributed by atoms with van der Waals surface area (Å²) >= 11 is 0. The summed E-state index contributed by atoms with van der Waals surface area (Å²) in [5.74, 6) is 2.32. The molecular formula is C46H34N4. The first kappa shape index (κ1) is 28.7. The van der Waals surface area contributed by atoms with E-state index in [2.05, 4.69) is 175 Å². The number of fused-ring (bicyclic) bond motifs is 7. The number of allylic oxidation sites excluding steroid dienone is 5. The van der Waals surface area contributed by atoms with Crippen LogP contribution in [0.15, 0.2) is 151 Å². The van der Waals surface area contributed by atoms with Crippen LogP contribution < -0.4 is 0 Å². The van der Waals surface area contributed by atoms with E-state index in [1.54, 1.807) is 0 Å². The van der Waals surface area contributed by atoms with Gasteiger partial charge in [-0.3, -0.25) is 0 Å². The van der Waals surface area contributed by atoms with E-state index in [0.29, 0.717) is 5.92 Å². The Kier molecular flexibility index (Phi) is 6.40. The second-order valence-electron chi connectivity index (χ2n) is 13.5. The first-order valence-corrected chi connectivity index (χ1v) is 17.3. The molecule has 0 spiro atoms. The van der Waals surface area contributed by atoms with E-state index in [1.807, 2.05) is 0 Å². The van der Waals surface area contributed by atoms with Crippen LogP contribution in [0.25, 0.3) is 83.7 Å².